The molecule has 0 saturated heterocycles. The lowest BCUT2D eigenvalue weighted by atomic mass is 10.0. The Hall–Kier alpha value is -0.290. The molecule has 268 valence electrons. The molecule has 5 heteroatoms. The van der Waals surface area contributed by atoms with Gasteiger partial charge in [-0.2, -0.15) is 0 Å². The Balaban J connectivity index is 3.05. The van der Waals surface area contributed by atoms with E-state index >= 15 is 0 Å². The molecule has 0 rings (SSSR count). The second kappa shape index (κ2) is 39.9. The van der Waals surface area contributed by atoms with Crippen LogP contribution >= 0.6 is 24.8 Å². The number of carboxylic acids is 1. The highest BCUT2D eigenvalue weighted by Gasteiger charge is 1.99. The highest BCUT2D eigenvalue weighted by Crippen LogP contribution is 2.17. The van der Waals surface area contributed by atoms with Gasteiger partial charge >= 0.3 is 5.97 Å². The lowest BCUT2D eigenvalue weighted by Crippen LogP contribution is -2.17. The standard InChI is InChI=1S/C40H79NO2S2/c42-39(43)37-35-33-31-29-27-25-23-21-19-17-15-13-11-9-7-5-3-1-2-4-6-8-10-12-14-16-18-20-22-24-26-28-30-32-34-36-38-41-40(44)45/h1-38H2,(H,42,43)(H2,41,44,45). The minimum absolute atomic E-state index is 0.344. The Morgan fingerprint density at radius 3 is 0.733 bits per heavy atom. The number of aliphatic carboxylic acids is 1. The minimum Gasteiger partial charge on any atom is -0.481 e. The van der Waals surface area contributed by atoms with Gasteiger partial charge in [0.05, 0.1) is 0 Å². The van der Waals surface area contributed by atoms with Gasteiger partial charge in [0.25, 0.3) is 0 Å². The van der Waals surface area contributed by atoms with Crippen molar-refractivity contribution in [3.8, 4) is 0 Å². The Morgan fingerprint density at radius 1 is 0.378 bits per heavy atom. The maximum atomic E-state index is 10.5. The monoisotopic (exact) mass is 670 g/mol. The van der Waals surface area contributed by atoms with Gasteiger partial charge < -0.3 is 10.4 Å². The number of carboxylic acid groups (broad SMARTS) is 1. The first-order valence-electron chi connectivity index (χ1n) is 20.3. The van der Waals surface area contributed by atoms with Crippen LogP contribution in [0.25, 0.3) is 0 Å². The van der Waals surface area contributed by atoms with Gasteiger partial charge in [0.2, 0.25) is 0 Å². The third-order valence-corrected chi connectivity index (χ3v) is 9.90. The van der Waals surface area contributed by atoms with Crippen LogP contribution in [0.5, 0.6) is 0 Å². The third kappa shape index (κ3) is 43.7. The molecule has 0 aromatic heterocycles. The molecule has 0 amide bonds. The summed E-state index contributed by atoms with van der Waals surface area (Å²) in [6.07, 6.45) is 50.5. The predicted octanol–water partition coefficient (Wildman–Crippen LogP) is 14.3. The number of thiol groups is 1. The molecule has 0 heterocycles. The summed E-state index contributed by atoms with van der Waals surface area (Å²) in [5.41, 5.74) is 0. The number of thiocarbonyl (C=S) groups is 1. The van der Waals surface area contributed by atoms with Crippen molar-refractivity contribution in [3.05, 3.63) is 0 Å². The first-order valence-corrected chi connectivity index (χ1v) is 21.2. The molecule has 0 aromatic carbocycles. The molecule has 0 atom stereocenters. The number of nitrogens with one attached hydrogen (secondary N) is 1. The van der Waals surface area contributed by atoms with Gasteiger partial charge in [-0.05, 0) is 12.8 Å². The van der Waals surface area contributed by atoms with Crippen molar-refractivity contribution in [2.75, 3.05) is 6.54 Å². The summed E-state index contributed by atoms with van der Waals surface area (Å²) < 4.78 is 0.626. The van der Waals surface area contributed by atoms with E-state index < -0.39 is 5.97 Å². The van der Waals surface area contributed by atoms with E-state index in [1.807, 2.05) is 0 Å². The van der Waals surface area contributed by atoms with Crippen molar-refractivity contribution in [1.82, 2.24) is 5.32 Å². The van der Waals surface area contributed by atoms with E-state index in [1.165, 1.54) is 218 Å². The summed E-state index contributed by atoms with van der Waals surface area (Å²) >= 11 is 8.99. The Bertz CT molecular complexity index is 551. The average Bonchev–Trinajstić information content (AvgIpc) is 3.02. The van der Waals surface area contributed by atoms with Gasteiger partial charge in [-0.3, -0.25) is 4.79 Å². The van der Waals surface area contributed by atoms with Crippen LogP contribution in [0.15, 0.2) is 0 Å². The van der Waals surface area contributed by atoms with Crippen molar-refractivity contribution in [1.29, 1.82) is 0 Å². The Morgan fingerprint density at radius 2 is 0.556 bits per heavy atom. The van der Waals surface area contributed by atoms with Crippen LogP contribution in [0.3, 0.4) is 0 Å². The summed E-state index contributed by atoms with van der Waals surface area (Å²) in [5.74, 6) is -0.649. The summed E-state index contributed by atoms with van der Waals surface area (Å²) in [7, 11) is 0. The fraction of sp³-hybridized carbons (Fsp3) is 0.950. The van der Waals surface area contributed by atoms with Crippen LogP contribution in [-0.2, 0) is 4.79 Å². The van der Waals surface area contributed by atoms with E-state index in [0.717, 1.165) is 19.4 Å². The molecule has 0 unspecified atom stereocenters. The Labute approximate surface area is 293 Å². The smallest absolute Gasteiger partial charge is 0.303 e. The number of carbonyl (C=O) groups is 1. The van der Waals surface area contributed by atoms with E-state index in [2.05, 4.69) is 17.9 Å². The highest BCUT2D eigenvalue weighted by molar-refractivity contribution is 8.11. The molecule has 0 fully saturated rings. The van der Waals surface area contributed by atoms with Crippen molar-refractivity contribution in [3.63, 3.8) is 0 Å². The Kier molecular flexibility index (Phi) is 39.6. The van der Waals surface area contributed by atoms with Crippen LogP contribution < -0.4 is 5.32 Å². The van der Waals surface area contributed by atoms with Crippen molar-refractivity contribution >= 4 is 35.1 Å². The minimum atomic E-state index is -0.649. The zero-order valence-corrected chi connectivity index (χ0v) is 31.8. The average molecular weight is 670 g/mol. The predicted molar refractivity (Wildman–Crippen MR) is 208 cm³/mol. The number of hydrogen-bond acceptors (Lipinski definition) is 2. The maximum Gasteiger partial charge on any atom is 0.303 e. The van der Waals surface area contributed by atoms with Gasteiger partial charge in [-0.25, -0.2) is 0 Å². The van der Waals surface area contributed by atoms with E-state index in [0.29, 0.717) is 10.7 Å². The molecule has 0 aromatic rings. The largest absolute Gasteiger partial charge is 0.481 e. The molecular weight excluding hydrogens is 591 g/mol. The molecule has 0 aliphatic rings. The maximum absolute atomic E-state index is 10.5. The summed E-state index contributed by atoms with van der Waals surface area (Å²) in [6, 6.07) is 0. The lowest BCUT2D eigenvalue weighted by molar-refractivity contribution is -0.137. The van der Waals surface area contributed by atoms with Crippen molar-refractivity contribution < 1.29 is 9.90 Å². The highest BCUT2D eigenvalue weighted by atomic mass is 32.1. The van der Waals surface area contributed by atoms with E-state index in [1.54, 1.807) is 0 Å². The molecule has 0 spiro atoms. The number of hydrogen-bond donors (Lipinski definition) is 3. The summed E-state index contributed by atoms with van der Waals surface area (Å²) in [5, 5.41) is 11.8. The van der Waals surface area contributed by atoms with E-state index in [-0.39, 0.29) is 0 Å². The van der Waals surface area contributed by atoms with Gasteiger partial charge in [-0.15, -0.1) is 12.6 Å². The van der Waals surface area contributed by atoms with Crippen LogP contribution in [0.2, 0.25) is 0 Å². The first kappa shape index (κ1) is 44.7. The van der Waals surface area contributed by atoms with Gasteiger partial charge in [0.15, 0.2) is 0 Å². The molecular formula is C40H79NO2S2. The van der Waals surface area contributed by atoms with Crippen molar-refractivity contribution in [2.45, 2.75) is 238 Å². The van der Waals surface area contributed by atoms with Crippen LogP contribution in [0.1, 0.15) is 238 Å². The van der Waals surface area contributed by atoms with Crippen LogP contribution in [0, 0.1) is 0 Å². The van der Waals surface area contributed by atoms with Gasteiger partial charge in [0, 0.05) is 13.0 Å². The zero-order chi connectivity index (χ0) is 32.7. The SMILES string of the molecule is O=C(O)CCCCCCCCCCCCCCCCCCCCCCCCCCCCCCCCCCCCCCNC(=S)S. The van der Waals surface area contributed by atoms with Crippen LogP contribution in [-0.4, -0.2) is 21.9 Å². The van der Waals surface area contributed by atoms with Gasteiger partial charge in [0.1, 0.15) is 4.32 Å². The van der Waals surface area contributed by atoms with Crippen LogP contribution in [0.4, 0.5) is 0 Å². The molecule has 45 heavy (non-hydrogen) atoms. The van der Waals surface area contributed by atoms with Crippen molar-refractivity contribution in [2.24, 2.45) is 0 Å². The molecule has 0 saturated carbocycles. The molecule has 0 aliphatic carbocycles. The number of rotatable bonds is 39. The van der Waals surface area contributed by atoms with E-state index in [9.17, 15) is 4.79 Å². The molecule has 2 N–H and O–H groups in total. The van der Waals surface area contributed by atoms with E-state index in [4.69, 9.17) is 17.3 Å². The fourth-order valence-corrected chi connectivity index (χ4v) is 6.82. The quantitative estimate of drug-likeness (QED) is 0.0346. The molecule has 0 radical (unpaired) electrons. The lowest BCUT2D eigenvalue weighted by Gasteiger charge is -2.05. The summed E-state index contributed by atoms with van der Waals surface area (Å²) in [4.78, 5) is 10.5. The normalized spacial score (nSPS) is 11.3. The second-order valence-electron chi connectivity index (χ2n) is 14.1. The fourth-order valence-electron chi connectivity index (χ4n) is 6.61. The topological polar surface area (TPSA) is 49.3 Å². The first-order chi connectivity index (χ1) is 22.1. The van der Waals surface area contributed by atoms with Gasteiger partial charge in [-0.1, -0.05) is 231 Å². The third-order valence-electron chi connectivity index (χ3n) is 9.59. The summed E-state index contributed by atoms with van der Waals surface area (Å²) in [6.45, 7) is 0.982. The second-order valence-corrected chi connectivity index (χ2v) is 15.3. The number of unbranched alkanes of at least 4 members (excludes halogenated alkanes) is 35. The zero-order valence-electron chi connectivity index (χ0n) is 30.1. The molecule has 0 aliphatic heterocycles. The molecule has 0 bridgehead atoms. The molecule has 3 nitrogen and oxygen atoms in total.